The Morgan fingerprint density at radius 3 is 2.27 bits per heavy atom. The maximum atomic E-state index is 12.8. The van der Waals surface area contributed by atoms with Gasteiger partial charge in [-0.05, 0) is 25.5 Å². The van der Waals surface area contributed by atoms with Crippen molar-refractivity contribution >= 4 is 23.8 Å². The van der Waals surface area contributed by atoms with E-state index in [1.54, 1.807) is 0 Å². The van der Waals surface area contributed by atoms with Gasteiger partial charge in [-0.3, -0.25) is 14.4 Å². The van der Waals surface area contributed by atoms with Crippen LogP contribution in [0.15, 0.2) is 24.3 Å². The molecule has 0 aliphatic carbocycles. The molecule has 166 valence electrons. The Kier molecular flexibility index (Phi) is 9.28. The number of rotatable bonds is 10. The number of aliphatic carboxylic acids is 1. The summed E-state index contributed by atoms with van der Waals surface area (Å²) in [4.78, 5) is 47.8. The lowest BCUT2D eigenvalue weighted by Crippen LogP contribution is -2.50. The Labute approximate surface area is 170 Å². The van der Waals surface area contributed by atoms with Crippen molar-refractivity contribution in [2.75, 3.05) is 13.2 Å². The predicted octanol–water partition coefficient (Wildman–Crippen LogP) is 1.95. The van der Waals surface area contributed by atoms with Crippen molar-refractivity contribution in [2.45, 2.75) is 38.9 Å². The van der Waals surface area contributed by atoms with Crippen LogP contribution in [0, 0.1) is 5.92 Å². The van der Waals surface area contributed by atoms with Gasteiger partial charge in [-0.15, -0.1) is 0 Å². The maximum absolute atomic E-state index is 12.8. The second-order valence-corrected chi connectivity index (χ2v) is 6.13. The molecule has 0 fully saturated rings. The number of halogens is 3. The fraction of sp³-hybridized carbons (Fsp3) is 0.474. The molecular formula is C19H22F3NO7. The van der Waals surface area contributed by atoms with Crippen molar-refractivity contribution in [1.29, 1.82) is 0 Å². The molecule has 1 amide bonds. The van der Waals surface area contributed by atoms with Crippen LogP contribution in [0.5, 0.6) is 0 Å². The van der Waals surface area contributed by atoms with E-state index in [4.69, 9.17) is 9.47 Å². The molecule has 0 aliphatic heterocycles. The van der Waals surface area contributed by atoms with Crippen molar-refractivity contribution in [1.82, 2.24) is 5.32 Å². The van der Waals surface area contributed by atoms with Gasteiger partial charge in [0.25, 0.3) is 0 Å². The van der Waals surface area contributed by atoms with Crippen LogP contribution >= 0.6 is 0 Å². The van der Waals surface area contributed by atoms with E-state index in [-0.39, 0.29) is 18.8 Å². The molecule has 0 aliphatic rings. The highest BCUT2D eigenvalue weighted by atomic mass is 19.4. The Hall–Kier alpha value is -3.11. The summed E-state index contributed by atoms with van der Waals surface area (Å²) in [6.07, 6.45) is -5.83. The molecule has 0 spiro atoms. The number of nitrogens with one attached hydrogen (secondary N) is 1. The van der Waals surface area contributed by atoms with E-state index < -0.39 is 60.4 Å². The zero-order valence-corrected chi connectivity index (χ0v) is 16.3. The molecule has 1 aromatic rings. The third-order valence-corrected chi connectivity index (χ3v) is 3.89. The van der Waals surface area contributed by atoms with Gasteiger partial charge in [-0.25, -0.2) is 4.79 Å². The van der Waals surface area contributed by atoms with E-state index in [1.807, 2.05) is 0 Å². The standard InChI is InChI=1S/C19H22F3NO7/c1-3-29-15(25)10-13(18(28)30-4-2)16(17(26)27)23-14(24)9-11-6-5-7-12(8-11)19(20,21)22/h5-8,13,16H,3-4,9-10H2,1-2H3,(H,23,24)(H,26,27)/t13-,16-/m0/s1. The van der Waals surface area contributed by atoms with Crippen molar-refractivity contribution in [3.8, 4) is 0 Å². The number of carbonyl (C=O) groups is 4. The number of alkyl halides is 3. The van der Waals surface area contributed by atoms with Crippen molar-refractivity contribution in [3.05, 3.63) is 35.4 Å². The van der Waals surface area contributed by atoms with Crippen LogP contribution in [-0.4, -0.2) is 48.2 Å². The van der Waals surface area contributed by atoms with E-state index in [1.165, 1.54) is 19.9 Å². The number of benzene rings is 1. The fourth-order valence-corrected chi connectivity index (χ4v) is 2.59. The molecule has 8 nitrogen and oxygen atoms in total. The molecule has 0 saturated heterocycles. The monoisotopic (exact) mass is 433 g/mol. The van der Waals surface area contributed by atoms with Crippen LogP contribution in [0.2, 0.25) is 0 Å². The van der Waals surface area contributed by atoms with Gasteiger partial charge in [-0.2, -0.15) is 13.2 Å². The van der Waals surface area contributed by atoms with Crippen molar-refractivity contribution < 1.29 is 46.9 Å². The molecule has 1 aromatic carbocycles. The highest BCUT2D eigenvalue weighted by molar-refractivity contribution is 5.91. The quantitative estimate of drug-likeness (QED) is 0.542. The summed E-state index contributed by atoms with van der Waals surface area (Å²) >= 11 is 0. The summed E-state index contributed by atoms with van der Waals surface area (Å²) in [6, 6.07) is 2.13. The number of hydrogen-bond donors (Lipinski definition) is 2. The second kappa shape index (κ2) is 11.2. The first kappa shape index (κ1) is 24.9. The van der Waals surface area contributed by atoms with E-state index in [2.05, 4.69) is 5.32 Å². The summed E-state index contributed by atoms with van der Waals surface area (Å²) < 4.78 is 47.9. The van der Waals surface area contributed by atoms with Gasteiger partial charge in [0, 0.05) is 0 Å². The minimum Gasteiger partial charge on any atom is -0.480 e. The Bertz CT molecular complexity index is 780. The van der Waals surface area contributed by atoms with E-state index >= 15 is 0 Å². The number of carbonyl (C=O) groups excluding carboxylic acids is 3. The lowest BCUT2D eigenvalue weighted by Gasteiger charge is -2.23. The topological polar surface area (TPSA) is 119 Å². The summed E-state index contributed by atoms with van der Waals surface area (Å²) in [6.45, 7) is 2.89. The Morgan fingerprint density at radius 2 is 1.73 bits per heavy atom. The highest BCUT2D eigenvalue weighted by Crippen LogP contribution is 2.29. The van der Waals surface area contributed by atoms with Gasteiger partial charge in [0.2, 0.25) is 5.91 Å². The first-order valence-electron chi connectivity index (χ1n) is 9.00. The molecular weight excluding hydrogens is 411 g/mol. The average molecular weight is 433 g/mol. The first-order chi connectivity index (χ1) is 14.0. The molecule has 2 atom stereocenters. The predicted molar refractivity (Wildman–Crippen MR) is 96.1 cm³/mol. The Balaban J connectivity index is 3.01. The van der Waals surface area contributed by atoms with Gasteiger partial charge in [0.15, 0.2) is 0 Å². The van der Waals surface area contributed by atoms with Crippen LogP contribution in [0.1, 0.15) is 31.4 Å². The van der Waals surface area contributed by atoms with E-state index in [0.29, 0.717) is 0 Å². The van der Waals surface area contributed by atoms with Crippen LogP contribution in [0.4, 0.5) is 13.2 Å². The summed E-state index contributed by atoms with van der Waals surface area (Å²) in [5.41, 5.74) is -0.973. The average Bonchev–Trinajstić information content (AvgIpc) is 2.64. The lowest BCUT2D eigenvalue weighted by molar-refractivity contribution is -0.160. The van der Waals surface area contributed by atoms with Gasteiger partial charge >= 0.3 is 24.1 Å². The largest absolute Gasteiger partial charge is 0.480 e. The number of esters is 2. The van der Waals surface area contributed by atoms with E-state index in [9.17, 15) is 37.5 Å². The highest BCUT2D eigenvalue weighted by Gasteiger charge is 2.38. The molecule has 30 heavy (non-hydrogen) atoms. The van der Waals surface area contributed by atoms with Crippen LogP contribution in [0.25, 0.3) is 0 Å². The molecule has 11 heteroatoms. The second-order valence-electron chi connectivity index (χ2n) is 6.13. The van der Waals surface area contributed by atoms with Gasteiger partial charge in [-0.1, -0.05) is 18.2 Å². The third-order valence-electron chi connectivity index (χ3n) is 3.89. The summed E-state index contributed by atoms with van der Waals surface area (Å²) in [7, 11) is 0. The van der Waals surface area contributed by atoms with Crippen molar-refractivity contribution in [2.24, 2.45) is 5.92 Å². The maximum Gasteiger partial charge on any atom is 0.416 e. The van der Waals surface area contributed by atoms with Crippen LogP contribution in [0.3, 0.4) is 0 Å². The summed E-state index contributed by atoms with van der Waals surface area (Å²) in [5, 5.41) is 11.5. The first-order valence-corrected chi connectivity index (χ1v) is 9.00. The number of amides is 1. The molecule has 0 radical (unpaired) electrons. The van der Waals surface area contributed by atoms with Gasteiger partial charge < -0.3 is 19.9 Å². The third kappa shape index (κ3) is 7.72. The molecule has 0 heterocycles. The number of carboxylic acids is 1. The van der Waals surface area contributed by atoms with Gasteiger partial charge in [0.1, 0.15) is 6.04 Å². The lowest BCUT2D eigenvalue weighted by atomic mass is 9.95. The SMILES string of the molecule is CCOC(=O)C[C@H](C(=O)OCC)[C@H](NC(=O)Cc1cccc(C(F)(F)F)c1)C(=O)O. The molecule has 2 N–H and O–H groups in total. The zero-order chi connectivity index (χ0) is 22.9. The van der Waals surface area contributed by atoms with Gasteiger partial charge in [0.05, 0.1) is 37.5 Å². The normalized spacial score (nSPS) is 13.1. The Morgan fingerprint density at radius 1 is 1.10 bits per heavy atom. The summed E-state index contributed by atoms with van der Waals surface area (Å²) in [5.74, 6) is -6.03. The van der Waals surface area contributed by atoms with Crippen LogP contribution < -0.4 is 5.32 Å². The minimum atomic E-state index is -4.61. The molecule has 0 saturated carbocycles. The molecule has 1 rings (SSSR count). The number of ether oxygens (including phenoxy) is 2. The minimum absolute atomic E-state index is 0.00593. The van der Waals surface area contributed by atoms with Crippen LogP contribution in [-0.2, 0) is 41.2 Å². The molecule has 0 unspecified atom stereocenters. The van der Waals surface area contributed by atoms with Crippen molar-refractivity contribution in [3.63, 3.8) is 0 Å². The number of carboxylic acid groups (broad SMARTS) is 1. The zero-order valence-electron chi connectivity index (χ0n) is 16.3. The molecule has 0 bridgehead atoms. The molecule has 0 aromatic heterocycles. The smallest absolute Gasteiger partial charge is 0.416 e. The fourth-order valence-electron chi connectivity index (χ4n) is 2.59. The van der Waals surface area contributed by atoms with E-state index in [0.717, 1.165) is 18.2 Å². The number of hydrogen-bond acceptors (Lipinski definition) is 6.